The van der Waals surface area contributed by atoms with Crippen LogP contribution in [0.2, 0.25) is 0 Å². The number of benzene rings is 12. The maximum Gasteiger partial charge on any atom is 0.143 e. The van der Waals surface area contributed by atoms with E-state index in [-0.39, 0.29) is 0 Å². The number of thiophene rings is 2. The SMILES string of the molecule is c1ccc2c(c1)sc1cccc(-c3c4ccccc4c(-c4ccc5c(c4)oc4c(-c6c7ccccc7c(-c7cccc8sc9ccccc9c78)c7ccccc67)cccc45)c4ccccc34)c12. The lowest BCUT2D eigenvalue weighted by molar-refractivity contribution is 0.670. The summed E-state index contributed by atoms with van der Waals surface area (Å²) in [6.45, 7) is 0. The number of hydrogen-bond donors (Lipinski definition) is 0. The third-order valence-corrected chi connectivity index (χ3v) is 16.5. The summed E-state index contributed by atoms with van der Waals surface area (Å²) in [6, 6.07) is 80.7. The van der Waals surface area contributed by atoms with Crippen molar-refractivity contribution in [3.05, 3.63) is 218 Å². The van der Waals surface area contributed by atoms with E-state index < -0.39 is 0 Å². The minimum Gasteiger partial charge on any atom is -0.455 e. The van der Waals surface area contributed by atoms with E-state index in [0.717, 1.165) is 33.1 Å². The first-order chi connectivity index (χ1) is 33.3. The number of rotatable bonds is 4. The minimum absolute atomic E-state index is 0.882. The summed E-state index contributed by atoms with van der Waals surface area (Å²) in [6.07, 6.45) is 0. The monoisotopic (exact) mass is 884 g/mol. The molecule has 0 saturated heterocycles. The molecule has 0 fully saturated rings. The third kappa shape index (κ3) is 5.30. The fraction of sp³-hybridized carbons (Fsp3) is 0. The van der Waals surface area contributed by atoms with E-state index in [4.69, 9.17) is 4.42 Å². The Bertz CT molecular complexity index is 4470. The number of hydrogen-bond acceptors (Lipinski definition) is 3. The molecule has 3 heteroatoms. The lowest BCUT2D eigenvalue weighted by atomic mass is 9.84. The highest BCUT2D eigenvalue weighted by Crippen LogP contribution is 2.51. The molecule has 3 aromatic heterocycles. The van der Waals surface area contributed by atoms with Crippen molar-refractivity contribution in [2.45, 2.75) is 0 Å². The highest BCUT2D eigenvalue weighted by molar-refractivity contribution is 7.26. The second-order valence-electron chi connectivity index (χ2n) is 17.7. The smallest absolute Gasteiger partial charge is 0.143 e. The van der Waals surface area contributed by atoms with E-state index in [0.29, 0.717) is 0 Å². The highest BCUT2D eigenvalue weighted by atomic mass is 32.1. The van der Waals surface area contributed by atoms with Gasteiger partial charge in [0.1, 0.15) is 11.2 Å². The van der Waals surface area contributed by atoms with Crippen molar-refractivity contribution in [1.29, 1.82) is 0 Å². The summed E-state index contributed by atoms with van der Waals surface area (Å²) in [4.78, 5) is 0. The molecule has 15 rings (SSSR count). The van der Waals surface area contributed by atoms with E-state index >= 15 is 0 Å². The van der Waals surface area contributed by atoms with E-state index in [1.807, 2.05) is 22.7 Å². The van der Waals surface area contributed by atoms with Gasteiger partial charge >= 0.3 is 0 Å². The lowest BCUT2D eigenvalue weighted by Gasteiger charge is -2.18. The van der Waals surface area contributed by atoms with Crippen LogP contribution in [0.3, 0.4) is 0 Å². The molecule has 310 valence electrons. The van der Waals surface area contributed by atoms with Gasteiger partial charge < -0.3 is 4.42 Å². The van der Waals surface area contributed by atoms with Gasteiger partial charge in [0, 0.05) is 62.2 Å². The second kappa shape index (κ2) is 14.2. The molecule has 1 nitrogen and oxygen atoms in total. The normalized spacial score (nSPS) is 12.2. The topological polar surface area (TPSA) is 13.1 Å². The molecular weight excluding hydrogens is 849 g/mol. The Morgan fingerprint density at radius 2 is 0.612 bits per heavy atom. The van der Waals surface area contributed by atoms with Crippen molar-refractivity contribution in [3.63, 3.8) is 0 Å². The Kier molecular flexibility index (Phi) is 7.88. The molecule has 0 N–H and O–H groups in total. The van der Waals surface area contributed by atoms with Crippen molar-refractivity contribution in [2.24, 2.45) is 0 Å². The number of para-hydroxylation sites is 1. The highest BCUT2D eigenvalue weighted by Gasteiger charge is 2.24. The molecular formula is C64H36OS2. The van der Waals surface area contributed by atoms with Gasteiger partial charge in [-0.3, -0.25) is 0 Å². The van der Waals surface area contributed by atoms with Crippen LogP contribution in [0.4, 0.5) is 0 Å². The maximum atomic E-state index is 7.21. The largest absolute Gasteiger partial charge is 0.455 e. The van der Waals surface area contributed by atoms with Crippen LogP contribution in [0.15, 0.2) is 223 Å². The zero-order chi connectivity index (χ0) is 43.7. The predicted molar refractivity (Wildman–Crippen MR) is 291 cm³/mol. The molecule has 0 aliphatic rings. The summed E-state index contributed by atoms with van der Waals surface area (Å²) in [5.41, 5.74) is 11.6. The molecule has 0 radical (unpaired) electrons. The fourth-order valence-corrected chi connectivity index (χ4v) is 13.8. The lowest BCUT2D eigenvalue weighted by Crippen LogP contribution is -1.91. The Hall–Kier alpha value is -8.08. The molecule has 0 saturated carbocycles. The molecule has 67 heavy (non-hydrogen) atoms. The molecule has 3 heterocycles. The molecule has 0 amide bonds. The van der Waals surface area contributed by atoms with Crippen LogP contribution in [0.5, 0.6) is 0 Å². The van der Waals surface area contributed by atoms with Gasteiger partial charge in [0.15, 0.2) is 0 Å². The average Bonchev–Trinajstić information content (AvgIpc) is 4.09. The standard InChI is InChI=1S/C64H36OS2/c1-3-18-41-39(16-1)58(40-17-2-4-19-42(40)59(41)50-27-14-32-56-62(50)48-24-9-11-30-54(48)66-56)37-34-35-38-47-26-13-29-52(64(47)65-53(38)36-37)61-45-22-7-5-20-43(45)60(44-21-6-8-23-46(44)61)51-28-15-33-57-63(51)49-25-10-12-31-55(49)67-57/h1-36H. The van der Waals surface area contributed by atoms with Crippen LogP contribution in [-0.2, 0) is 0 Å². The van der Waals surface area contributed by atoms with Crippen LogP contribution in [0.1, 0.15) is 0 Å². The minimum atomic E-state index is 0.882. The second-order valence-corrected chi connectivity index (χ2v) is 19.9. The maximum absolute atomic E-state index is 7.21. The van der Waals surface area contributed by atoms with E-state index in [1.54, 1.807) is 0 Å². The van der Waals surface area contributed by atoms with Gasteiger partial charge in [0.25, 0.3) is 0 Å². The molecule has 15 aromatic rings. The Morgan fingerprint density at radius 1 is 0.254 bits per heavy atom. The molecule has 0 aliphatic carbocycles. The van der Waals surface area contributed by atoms with Gasteiger partial charge in [-0.25, -0.2) is 0 Å². The Morgan fingerprint density at radius 3 is 1.09 bits per heavy atom. The summed E-state index contributed by atoms with van der Waals surface area (Å²) < 4.78 is 12.5. The number of furan rings is 1. The van der Waals surface area contributed by atoms with E-state index in [2.05, 4.69) is 218 Å². The Labute approximate surface area is 393 Å². The van der Waals surface area contributed by atoms with Gasteiger partial charge in [0.2, 0.25) is 0 Å². The van der Waals surface area contributed by atoms with E-state index in [9.17, 15) is 0 Å². The molecule has 0 unspecified atom stereocenters. The summed E-state index contributed by atoms with van der Waals surface area (Å²) in [7, 11) is 0. The van der Waals surface area contributed by atoms with Crippen LogP contribution < -0.4 is 0 Å². The quantitative estimate of drug-likeness (QED) is 0.161. The first kappa shape index (κ1) is 37.2. The fourth-order valence-electron chi connectivity index (χ4n) is 11.6. The first-order valence-corrected chi connectivity index (χ1v) is 24.5. The van der Waals surface area contributed by atoms with E-state index in [1.165, 1.54) is 117 Å². The van der Waals surface area contributed by atoms with Crippen LogP contribution in [0, 0.1) is 0 Å². The molecule has 12 aromatic carbocycles. The van der Waals surface area contributed by atoms with Crippen LogP contribution in [0.25, 0.3) is 150 Å². The molecule has 0 aliphatic heterocycles. The van der Waals surface area contributed by atoms with Gasteiger partial charge in [-0.15, -0.1) is 22.7 Å². The zero-order valence-electron chi connectivity index (χ0n) is 36.0. The Balaban J connectivity index is 0.962. The summed E-state index contributed by atoms with van der Waals surface area (Å²) in [5.74, 6) is 0. The summed E-state index contributed by atoms with van der Waals surface area (Å²) in [5, 5.41) is 17.4. The average molecular weight is 885 g/mol. The van der Waals surface area contributed by atoms with Crippen molar-refractivity contribution in [2.75, 3.05) is 0 Å². The molecule has 0 atom stereocenters. The van der Waals surface area contributed by atoms with Gasteiger partial charge in [-0.1, -0.05) is 182 Å². The number of fused-ring (bicyclic) bond motifs is 13. The summed E-state index contributed by atoms with van der Waals surface area (Å²) >= 11 is 3.75. The van der Waals surface area contributed by atoms with Crippen molar-refractivity contribution in [3.8, 4) is 44.5 Å². The van der Waals surface area contributed by atoms with Crippen LogP contribution >= 0.6 is 22.7 Å². The third-order valence-electron chi connectivity index (χ3n) is 14.3. The van der Waals surface area contributed by atoms with Crippen LogP contribution in [-0.4, -0.2) is 0 Å². The van der Waals surface area contributed by atoms with Gasteiger partial charge in [-0.05, 0) is 113 Å². The molecule has 0 spiro atoms. The van der Waals surface area contributed by atoms with Crippen molar-refractivity contribution in [1.82, 2.24) is 0 Å². The molecule has 0 bridgehead atoms. The van der Waals surface area contributed by atoms with Gasteiger partial charge in [0.05, 0.1) is 0 Å². The van der Waals surface area contributed by atoms with Gasteiger partial charge in [-0.2, -0.15) is 0 Å². The van der Waals surface area contributed by atoms with Crippen molar-refractivity contribution < 1.29 is 4.42 Å². The predicted octanol–water partition coefficient (Wildman–Crippen LogP) is 19.6. The first-order valence-electron chi connectivity index (χ1n) is 22.9. The van der Waals surface area contributed by atoms with Crippen molar-refractivity contribution >= 4 is 128 Å². The zero-order valence-corrected chi connectivity index (χ0v) is 37.6.